The molecule has 0 spiro atoms. The summed E-state index contributed by atoms with van der Waals surface area (Å²) in [6.45, 7) is 3.66. The summed E-state index contributed by atoms with van der Waals surface area (Å²) in [5.74, 6) is -0.154. The van der Waals surface area contributed by atoms with Crippen LogP contribution in [0.15, 0.2) is 34.4 Å². The lowest BCUT2D eigenvalue weighted by Gasteiger charge is -2.34. The number of thiophene rings is 1. The molecule has 126 valence electrons. The minimum atomic E-state index is -0.680. The molecule has 1 atom stereocenters. The number of hydrogen-bond donors (Lipinski definition) is 0. The van der Waals surface area contributed by atoms with Gasteiger partial charge in [-0.2, -0.15) is 5.10 Å². The summed E-state index contributed by atoms with van der Waals surface area (Å²) in [6, 6.07) is 6.27. The molecule has 7 nitrogen and oxygen atoms in total. The Labute approximate surface area is 143 Å². The smallest absolute Gasteiger partial charge is 0.267 e. The minimum absolute atomic E-state index is 0.154. The zero-order chi connectivity index (χ0) is 17.1. The van der Waals surface area contributed by atoms with E-state index in [4.69, 9.17) is 0 Å². The van der Waals surface area contributed by atoms with Crippen LogP contribution in [0, 0.1) is 0 Å². The van der Waals surface area contributed by atoms with Crippen molar-refractivity contribution in [2.75, 3.05) is 26.2 Å². The second kappa shape index (κ2) is 6.96. The molecule has 0 N–H and O–H groups in total. The molecule has 2 aromatic heterocycles. The van der Waals surface area contributed by atoms with Gasteiger partial charge < -0.3 is 9.80 Å². The fourth-order valence-corrected chi connectivity index (χ4v) is 3.37. The molecule has 1 aliphatic heterocycles. The molecule has 1 unspecified atom stereocenters. The van der Waals surface area contributed by atoms with Gasteiger partial charge in [-0.3, -0.25) is 14.4 Å². The third-order valence-electron chi connectivity index (χ3n) is 4.10. The van der Waals surface area contributed by atoms with E-state index in [1.807, 2.05) is 17.5 Å². The van der Waals surface area contributed by atoms with Gasteiger partial charge in [0.2, 0.25) is 12.3 Å². The average Bonchev–Trinajstić information content (AvgIpc) is 3.15. The minimum Gasteiger partial charge on any atom is -0.342 e. The average molecular weight is 346 g/mol. The van der Waals surface area contributed by atoms with E-state index in [9.17, 15) is 14.4 Å². The van der Waals surface area contributed by atoms with Gasteiger partial charge in [-0.15, -0.1) is 11.3 Å². The van der Waals surface area contributed by atoms with E-state index >= 15 is 0 Å². The SMILES string of the molecule is CC(C(=O)N1CCN(C=O)CC1)n1nc(-c2cccs2)ccc1=O. The summed E-state index contributed by atoms with van der Waals surface area (Å²) >= 11 is 1.53. The number of amides is 2. The number of nitrogens with zero attached hydrogens (tertiary/aromatic N) is 4. The van der Waals surface area contributed by atoms with Gasteiger partial charge in [0.05, 0.1) is 4.88 Å². The number of piperazine rings is 1. The third kappa shape index (κ3) is 3.23. The summed E-state index contributed by atoms with van der Waals surface area (Å²) in [6.07, 6.45) is 0.793. The van der Waals surface area contributed by atoms with E-state index in [2.05, 4.69) is 5.10 Å². The quantitative estimate of drug-likeness (QED) is 0.769. The van der Waals surface area contributed by atoms with Crippen LogP contribution >= 0.6 is 11.3 Å². The van der Waals surface area contributed by atoms with Crippen LogP contribution in [0.5, 0.6) is 0 Å². The van der Waals surface area contributed by atoms with E-state index in [0.717, 1.165) is 11.3 Å². The lowest BCUT2D eigenvalue weighted by molar-refractivity contribution is -0.138. The normalized spacial score (nSPS) is 16.0. The molecular weight excluding hydrogens is 328 g/mol. The highest BCUT2D eigenvalue weighted by Crippen LogP contribution is 2.22. The molecule has 0 aromatic carbocycles. The summed E-state index contributed by atoms with van der Waals surface area (Å²) in [4.78, 5) is 39.8. The Morgan fingerprint density at radius 3 is 2.62 bits per heavy atom. The van der Waals surface area contributed by atoms with Crippen LogP contribution in [0.2, 0.25) is 0 Å². The van der Waals surface area contributed by atoms with Crippen LogP contribution in [0.4, 0.5) is 0 Å². The Balaban J connectivity index is 1.80. The van der Waals surface area contributed by atoms with Gasteiger partial charge in [-0.05, 0) is 24.4 Å². The van der Waals surface area contributed by atoms with Crippen LogP contribution in [0.3, 0.4) is 0 Å². The molecule has 2 aromatic rings. The summed E-state index contributed by atoms with van der Waals surface area (Å²) in [5.41, 5.74) is 0.373. The Hall–Kier alpha value is -2.48. The molecular formula is C16H18N4O3S. The lowest BCUT2D eigenvalue weighted by Crippen LogP contribution is -2.50. The van der Waals surface area contributed by atoms with Crippen LogP contribution in [0.1, 0.15) is 13.0 Å². The third-order valence-corrected chi connectivity index (χ3v) is 4.99. The van der Waals surface area contributed by atoms with Crippen molar-refractivity contribution in [1.29, 1.82) is 0 Å². The first-order chi connectivity index (χ1) is 11.6. The number of carbonyl (C=O) groups is 2. The first-order valence-corrected chi connectivity index (χ1v) is 8.60. The van der Waals surface area contributed by atoms with Crippen LogP contribution in [-0.4, -0.2) is 58.1 Å². The van der Waals surface area contributed by atoms with Crippen LogP contribution in [0.25, 0.3) is 10.6 Å². The Kier molecular flexibility index (Phi) is 4.75. The van der Waals surface area contributed by atoms with Crippen molar-refractivity contribution in [3.05, 3.63) is 40.0 Å². The van der Waals surface area contributed by atoms with E-state index < -0.39 is 6.04 Å². The summed E-state index contributed by atoms with van der Waals surface area (Å²) < 4.78 is 1.24. The van der Waals surface area contributed by atoms with Crippen LogP contribution in [-0.2, 0) is 9.59 Å². The molecule has 24 heavy (non-hydrogen) atoms. The van der Waals surface area contributed by atoms with Gasteiger partial charge in [0.1, 0.15) is 11.7 Å². The second-order valence-corrected chi connectivity index (χ2v) is 6.57. The predicted molar refractivity (Wildman–Crippen MR) is 90.7 cm³/mol. The Bertz CT molecular complexity index is 779. The van der Waals surface area contributed by atoms with E-state index in [1.165, 1.54) is 22.1 Å². The number of carbonyl (C=O) groups excluding carboxylic acids is 2. The van der Waals surface area contributed by atoms with Gasteiger partial charge >= 0.3 is 0 Å². The van der Waals surface area contributed by atoms with Gasteiger partial charge in [0.25, 0.3) is 5.56 Å². The molecule has 0 saturated carbocycles. The van der Waals surface area contributed by atoms with Crippen molar-refractivity contribution in [3.8, 4) is 10.6 Å². The van der Waals surface area contributed by atoms with Crippen molar-refractivity contribution in [2.24, 2.45) is 0 Å². The molecule has 0 radical (unpaired) electrons. The molecule has 1 aliphatic rings. The summed E-state index contributed by atoms with van der Waals surface area (Å²) in [7, 11) is 0. The van der Waals surface area contributed by atoms with E-state index in [1.54, 1.807) is 22.8 Å². The van der Waals surface area contributed by atoms with Crippen molar-refractivity contribution in [3.63, 3.8) is 0 Å². The van der Waals surface area contributed by atoms with Crippen LogP contribution < -0.4 is 5.56 Å². The van der Waals surface area contributed by atoms with E-state index in [-0.39, 0.29) is 11.5 Å². The second-order valence-electron chi connectivity index (χ2n) is 5.62. The standard InChI is InChI=1S/C16H18N4O3S/c1-12(16(23)19-8-6-18(11-21)7-9-19)20-15(22)5-4-13(17-20)14-3-2-10-24-14/h2-5,10-12H,6-9H2,1H3. The number of rotatable bonds is 4. The zero-order valence-electron chi connectivity index (χ0n) is 13.3. The maximum absolute atomic E-state index is 12.7. The Morgan fingerprint density at radius 2 is 2.00 bits per heavy atom. The first kappa shape index (κ1) is 16.4. The first-order valence-electron chi connectivity index (χ1n) is 7.72. The molecule has 0 bridgehead atoms. The van der Waals surface area contributed by atoms with Gasteiger partial charge in [0, 0.05) is 32.2 Å². The molecule has 3 heterocycles. The van der Waals surface area contributed by atoms with Crippen molar-refractivity contribution in [1.82, 2.24) is 19.6 Å². The van der Waals surface area contributed by atoms with Crippen molar-refractivity contribution >= 4 is 23.7 Å². The molecule has 1 saturated heterocycles. The zero-order valence-corrected chi connectivity index (χ0v) is 14.1. The number of hydrogen-bond acceptors (Lipinski definition) is 5. The molecule has 8 heteroatoms. The van der Waals surface area contributed by atoms with E-state index in [0.29, 0.717) is 31.9 Å². The molecule has 1 fully saturated rings. The predicted octanol–water partition coefficient (Wildman–Crippen LogP) is 0.833. The molecule has 0 aliphatic carbocycles. The maximum atomic E-state index is 12.7. The summed E-state index contributed by atoms with van der Waals surface area (Å²) in [5, 5.41) is 6.30. The van der Waals surface area contributed by atoms with Gasteiger partial charge in [-0.1, -0.05) is 6.07 Å². The fourth-order valence-electron chi connectivity index (χ4n) is 2.68. The lowest BCUT2D eigenvalue weighted by atomic mass is 10.2. The number of aromatic nitrogens is 2. The van der Waals surface area contributed by atoms with Crippen molar-refractivity contribution < 1.29 is 9.59 Å². The highest BCUT2D eigenvalue weighted by molar-refractivity contribution is 7.13. The van der Waals surface area contributed by atoms with Gasteiger partial charge in [0.15, 0.2) is 0 Å². The molecule has 3 rings (SSSR count). The topological polar surface area (TPSA) is 75.5 Å². The Morgan fingerprint density at radius 1 is 1.25 bits per heavy atom. The highest BCUT2D eigenvalue weighted by atomic mass is 32.1. The van der Waals surface area contributed by atoms with Crippen molar-refractivity contribution in [2.45, 2.75) is 13.0 Å². The largest absolute Gasteiger partial charge is 0.342 e. The highest BCUT2D eigenvalue weighted by Gasteiger charge is 2.26. The molecule has 2 amide bonds. The fraction of sp³-hybridized carbons (Fsp3) is 0.375. The monoisotopic (exact) mass is 346 g/mol. The van der Waals surface area contributed by atoms with Gasteiger partial charge in [-0.25, -0.2) is 4.68 Å². The maximum Gasteiger partial charge on any atom is 0.267 e.